The summed E-state index contributed by atoms with van der Waals surface area (Å²) in [5, 5.41) is 16.8. The number of nitrogens with zero attached hydrogens (tertiary/aromatic N) is 1. The van der Waals surface area contributed by atoms with Crippen LogP contribution in [-0.2, 0) is 30.4 Å². The lowest BCUT2D eigenvalue weighted by Gasteiger charge is -2.26. The molecular weight excluding hydrogens is 478 g/mol. The summed E-state index contributed by atoms with van der Waals surface area (Å²) in [7, 11) is 0. The Balaban J connectivity index is 3.06. The molecule has 0 aliphatic heterocycles. The fourth-order valence-electron chi connectivity index (χ4n) is 3.10. The van der Waals surface area contributed by atoms with Crippen LogP contribution >= 0.6 is 11.8 Å². The van der Waals surface area contributed by atoms with Crippen LogP contribution in [0.2, 0.25) is 0 Å². The molecule has 0 fully saturated rings. The molecule has 9 N–H and O–H groups in total. The van der Waals surface area contributed by atoms with Crippen molar-refractivity contribution in [3.8, 4) is 0 Å². The Bertz CT molecular complexity index is 866. The van der Waals surface area contributed by atoms with Crippen molar-refractivity contribution in [2.75, 3.05) is 12.0 Å². The number of hydrogen-bond donors (Lipinski definition) is 7. The van der Waals surface area contributed by atoms with Gasteiger partial charge in [0.15, 0.2) is 0 Å². The summed E-state index contributed by atoms with van der Waals surface area (Å²) < 4.78 is 0. The lowest BCUT2D eigenvalue weighted by molar-refractivity contribution is -0.144. The van der Waals surface area contributed by atoms with Gasteiger partial charge < -0.3 is 37.5 Å². The van der Waals surface area contributed by atoms with Gasteiger partial charge in [0.05, 0.1) is 18.8 Å². The molecule has 1 heterocycles. The minimum absolute atomic E-state index is 0.00233. The number of carbonyl (C=O) groups excluding carboxylic acids is 4. The van der Waals surface area contributed by atoms with Gasteiger partial charge in [-0.05, 0) is 24.3 Å². The predicted octanol–water partition coefficient (Wildman–Crippen LogP) is -1.51. The van der Waals surface area contributed by atoms with Gasteiger partial charge >= 0.3 is 5.97 Å². The quantitative estimate of drug-likeness (QED) is 0.136. The van der Waals surface area contributed by atoms with Gasteiger partial charge in [-0.2, -0.15) is 11.8 Å². The number of imidazole rings is 1. The van der Waals surface area contributed by atoms with Crippen molar-refractivity contribution in [2.45, 2.75) is 63.7 Å². The van der Waals surface area contributed by atoms with Gasteiger partial charge in [-0.3, -0.25) is 19.2 Å². The number of carboxylic acid groups (broad SMARTS) is 1. The normalized spacial score (nSPS) is 15.2. The SMILES string of the molecule is CCC(C)C(NC(=O)C(CC(N)=O)NC(=O)C(Cc1cnc[nH]1)NC(=O)C(N)CCSC)C(=O)O. The number of hydrogen-bond acceptors (Lipinski definition) is 8. The zero-order chi connectivity index (χ0) is 26.5. The first-order valence-corrected chi connectivity index (χ1v) is 12.5. The zero-order valence-electron chi connectivity index (χ0n) is 20.1. The monoisotopic (exact) mass is 513 g/mol. The van der Waals surface area contributed by atoms with Gasteiger partial charge in [0, 0.05) is 18.3 Å². The number of aromatic nitrogens is 2. The minimum Gasteiger partial charge on any atom is -0.480 e. The second-order valence-corrected chi connectivity index (χ2v) is 9.16. The molecule has 1 rings (SSSR count). The van der Waals surface area contributed by atoms with E-state index in [4.69, 9.17) is 11.5 Å². The lowest BCUT2D eigenvalue weighted by Crippen LogP contribution is -2.58. The predicted molar refractivity (Wildman–Crippen MR) is 130 cm³/mol. The third-order valence-electron chi connectivity index (χ3n) is 5.40. The number of amides is 4. The average Bonchev–Trinajstić information content (AvgIpc) is 3.31. The maximum atomic E-state index is 13.1. The molecule has 35 heavy (non-hydrogen) atoms. The Morgan fingerprint density at radius 1 is 1.11 bits per heavy atom. The zero-order valence-corrected chi connectivity index (χ0v) is 20.9. The van der Waals surface area contributed by atoms with E-state index in [9.17, 15) is 29.1 Å². The largest absolute Gasteiger partial charge is 0.480 e. The van der Waals surface area contributed by atoms with Crippen molar-refractivity contribution >= 4 is 41.4 Å². The molecule has 0 aliphatic carbocycles. The highest BCUT2D eigenvalue weighted by atomic mass is 32.2. The van der Waals surface area contributed by atoms with E-state index in [-0.39, 0.29) is 6.42 Å². The third kappa shape index (κ3) is 10.3. The molecule has 5 unspecified atom stereocenters. The second kappa shape index (κ2) is 15.0. The molecule has 0 aromatic carbocycles. The van der Waals surface area contributed by atoms with E-state index in [0.29, 0.717) is 24.3 Å². The Morgan fingerprint density at radius 2 is 1.74 bits per heavy atom. The number of aromatic amines is 1. The van der Waals surface area contributed by atoms with E-state index in [2.05, 4.69) is 25.9 Å². The molecule has 0 radical (unpaired) electrons. The van der Waals surface area contributed by atoms with Crippen LogP contribution in [-0.4, -0.2) is 80.8 Å². The van der Waals surface area contributed by atoms with E-state index in [1.807, 2.05) is 6.26 Å². The number of carboxylic acids is 1. The fourth-order valence-corrected chi connectivity index (χ4v) is 3.59. The second-order valence-electron chi connectivity index (χ2n) is 8.17. The van der Waals surface area contributed by atoms with Crippen LogP contribution in [0.1, 0.15) is 38.8 Å². The summed E-state index contributed by atoms with van der Waals surface area (Å²) in [6, 6.07) is -4.68. The third-order valence-corrected chi connectivity index (χ3v) is 6.04. The highest BCUT2D eigenvalue weighted by molar-refractivity contribution is 7.98. The molecular formula is C21H35N7O6S. The Kier molecular flexibility index (Phi) is 12.8. The molecule has 196 valence electrons. The number of carbonyl (C=O) groups is 5. The number of primary amides is 1. The molecule has 1 aromatic rings. The van der Waals surface area contributed by atoms with Crippen LogP contribution in [0.15, 0.2) is 12.5 Å². The first kappa shape index (κ1) is 29.9. The summed E-state index contributed by atoms with van der Waals surface area (Å²) in [6.45, 7) is 3.42. The number of aliphatic carboxylic acids is 1. The summed E-state index contributed by atoms with van der Waals surface area (Å²) in [4.78, 5) is 68.3. The molecule has 1 aromatic heterocycles. The van der Waals surface area contributed by atoms with Gasteiger partial charge in [0.2, 0.25) is 23.6 Å². The molecule has 0 spiro atoms. The fraction of sp³-hybridized carbons (Fsp3) is 0.619. The molecule has 0 saturated heterocycles. The van der Waals surface area contributed by atoms with E-state index < -0.39 is 66.1 Å². The number of nitrogens with one attached hydrogen (secondary N) is 4. The van der Waals surface area contributed by atoms with E-state index in [0.717, 1.165) is 0 Å². The first-order chi connectivity index (χ1) is 16.5. The first-order valence-electron chi connectivity index (χ1n) is 11.1. The van der Waals surface area contributed by atoms with Gasteiger partial charge in [-0.1, -0.05) is 20.3 Å². The summed E-state index contributed by atoms with van der Waals surface area (Å²) >= 11 is 1.52. The van der Waals surface area contributed by atoms with E-state index in [1.165, 1.54) is 24.3 Å². The molecule has 5 atom stereocenters. The van der Waals surface area contributed by atoms with Crippen LogP contribution in [0.5, 0.6) is 0 Å². The number of thioether (sulfide) groups is 1. The molecule has 14 heteroatoms. The van der Waals surface area contributed by atoms with Gasteiger partial charge in [-0.15, -0.1) is 0 Å². The van der Waals surface area contributed by atoms with Crippen LogP contribution in [0.25, 0.3) is 0 Å². The Labute approximate surface area is 207 Å². The van der Waals surface area contributed by atoms with Gasteiger partial charge in [0.25, 0.3) is 0 Å². The molecule has 13 nitrogen and oxygen atoms in total. The molecule has 4 amide bonds. The standard InChI is InChI=1S/C21H35N7O6S/c1-4-11(2)17(21(33)34)28-20(32)15(8-16(23)29)27-19(31)14(7-12-9-24-10-25-12)26-18(30)13(22)5-6-35-3/h9-11,13-15,17H,4-8,22H2,1-3H3,(H2,23,29)(H,24,25)(H,26,30)(H,27,31)(H,28,32)(H,33,34). The van der Waals surface area contributed by atoms with Crippen molar-refractivity contribution < 1.29 is 29.1 Å². The van der Waals surface area contributed by atoms with Crippen molar-refractivity contribution in [3.63, 3.8) is 0 Å². The van der Waals surface area contributed by atoms with Gasteiger partial charge in [0.1, 0.15) is 18.1 Å². The lowest BCUT2D eigenvalue weighted by atomic mass is 9.98. The van der Waals surface area contributed by atoms with Crippen LogP contribution in [0, 0.1) is 5.92 Å². The highest BCUT2D eigenvalue weighted by Gasteiger charge is 2.33. The van der Waals surface area contributed by atoms with Crippen molar-refractivity contribution in [1.82, 2.24) is 25.9 Å². The average molecular weight is 514 g/mol. The number of rotatable bonds is 16. The summed E-state index contributed by atoms with van der Waals surface area (Å²) in [6.07, 6.45) is 5.05. The van der Waals surface area contributed by atoms with E-state index >= 15 is 0 Å². The highest BCUT2D eigenvalue weighted by Crippen LogP contribution is 2.09. The Morgan fingerprint density at radius 3 is 2.26 bits per heavy atom. The summed E-state index contributed by atoms with van der Waals surface area (Å²) in [5.41, 5.74) is 11.7. The smallest absolute Gasteiger partial charge is 0.326 e. The van der Waals surface area contributed by atoms with E-state index in [1.54, 1.807) is 13.8 Å². The van der Waals surface area contributed by atoms with Crippen molar-refractivity contribution in [1.29, 1.82) is 0 Å². The molecule has 0 aliphatic rings. The van der Waals surface area contributed by atoms with Crippen LogP contribution in [0.4, 0.5) is 0 Å². The van der Waals surface area contributed by atoms with Crippen molar-refractivity contribution in [3.05, 3.63) is 18.2 Å². The topological polar surface area (TPSA) is 222 Å². The summed E-state index contributed by atoms with van der Waals surface area (Å²) in [5.74, 6) is -4.10. The number of H-pyrrole nitrogens is 1. The van der Waals surface area contributed by atoms with Crippen LogP contribution < -0.4 is 27.4 Å². The van der Waals surface area contributed by atoms with Crippen LogP contribution in [0.3, 0.4) is 0 Å². The number of nitrogens with two attached hydrogens (primary N) is 2. The Hall–Kier alpha value is -3.13. The van der Waals surface area contributed by atoms with Crippen molar-refractivity contribution in [2.24, 2.45) is 17.4 Å². The molecule has 0 bridgehead atoms. The van der Waals surface area contributed by atoms with Gasteiger partial charge in [-0.25, -0.2) is 9.78 Å². The maximum absolute atomic E-state index is 13.1. The molecule has 0 saturated carbocycles. The maximum Gasteiger partial charge on any atom is 0.326 e. The minimum atomic E-state index is -1.45.